The molecule has 1 aromatic heterocycles. The number of benzene rings is 1. The molecule has 0 aliphatic rings. The molecule has 0 aliphatic heterocycles. The Morgan fingerprint density at radius 3 is 2.89 bits per heavy atom. The van der Waals surface area contributed by atoms with Gasteiger partial charge in [0.2, 0.25) is 0 Å². The first-order valence-electron chi connectivity index (χ1n) is 5.33. The maximum atomic E-state index is 12.0. The summed E-state index contributed by atoms with van der Waals surface area (Å²) in [4.78, 5) is 16.0. The van der Waals surface area contributed by atoms with Crippen molar-refractivity contribution in [1.29, 1.82) is 5.26 Å². The predicted octanol–water partition coefficient (Wildman–Crippen LogP) is 3.03. The smallest absolute Gasteiger partial charge is 0.167 e. The molecule has 2 aromatic rings. The van der Waals surface area contributed by atoms with Crippen molar-refractivity contribution in [3.05, 3.63) is 64.4 Å². The standard InChI is InChI=1S/C14H9ClN2O/c15-12-5-1-3-11(7-12)14(18)8-10-4-2-6-17-13(10)9-16/h1-7H,8H2. The summed E-state index contributed by atoms with van der Waals surface area (Å²) in [6.07, 6.45) is 1.68. The van der Waals surface area contributed by atoms with Gasteiger partial charge in [0.15, 0.2) is 5.78 Å². The lowest BCUT2D eigenvalue weighted by atomic mass is 10.0. The van der Waals surface area contributed by atoms with Crippen LogP contribution < -0.4 is 0 Å². The van der Waals surface area contributed by atoms with Crippen LogP contribution in [0.25, 0.3) is 0 Å². The number of hydrogen-bond acceptors (Lipinski definition) is 3. The summed E-state index contributed by atoms with van der Waals surface area (Å²) in [6.45, 7) is 0. The van der Waals surface area contributed by atoms with E-state index in [-0.39, 0.29) is 17.9 Å². The summed E-state index contributed by atoms with van der Waals surface area (Å²) >= 11 is 5.83. The molecule has 3 nitrogen and oxygen atoms in total. The van der Waals surface area contributed by atoms with Crippen LogP contribution in [-0.4, -0.2) is 10.8 Å². The van der Waals surface area contributed by atoms with Gasteiger partial charge in [0.1, 0.15) is 11.8 Å². The largest absolute Gasteiger partial charge is 0.294 e. The molecule has 18 heavy (non-hydrogen) atoms. The number of carbonyl (C=O) groups is 1. The molecule has 1 heterocycles. The summed E-state index contributed by atoms with van der Waals surface area (Å²) < 4.78 is 0. The summed E-state index contributed by atoms with van der Waals surface area (Å²) in [5.41, 5.74) is 1.45. The Morgan fingerprint density at radius 2 is 2.17 bits per heavy atom. The lowest BCUT2D eigenvalue weighted by Crippen LogP contribution is -2.05. The molecule has 0 spiro atoms. The Bertz CT molecular complexity index is 632. The highest BCUT2D eigenvalue weighted by molar-refractivity contribution is 6.31. The van der Waals surface area contributed by atoms with E-state index in [1.165, 1.54) is 6.20 Å². The summed E-state index contributed by atoms with van der Waals surface area (Å²) in [5.74, 6) is -0.0815. The highest BCUT2D eigenvalue weighted by Crippen LogP contribution is 2.14. The van der Waals surface area contributed by atoms with Crippen LogP contribution >= 0.6 is 11.6 Å². The molecule has 0 bridgehead atoms. The number of Topliss-reactive ketones (excluding diaryl/α,β-unsaturated/α-hetero) is 1. The Balaban J connectivity index is 2.25. The van der Waals surface area contributed by atoms with Gasteiger partial charge >= 0.3 is 0 Å². The van der Waals surface area contributed by atoms with Gasteiger partial charge in [-0.1, -0.05) is 29.8 Å². The van der Waals surface area contributed by atoms with E-state index in [9.17, 15) is 4.79 Å². The second-order valence-corrected chi connectivity index (χ2v) is 4.17. The number of nitriles is 1. The quantitative estimate of drug-likeness (QED) is 0.793. The molecule has 88 valence electrons. The second-order valence-electron chi connectivity index (χ2n) is 3.73. The molecule has 1 aromatic carbocycles. The van der Waals surface area contributed by atoms with Crippen molar-refractivity contribution in [3.63, 3.8) is 0 Å². The fourth-order valence-electron chi connectivity index (χ4n) is 1.62. The van der Waals surface area contributed by atoms with Gasteiger partial charge in [-0.05, 0) is 23.8 Å². The minimum absolute atomic E-state index is 0.0815. The maximum absolute atomic E-state index is 12.0. The normalized spacial score (nSPS) is 9.78. The van der Waals surface area contributed by atoms with Crippen molar-refractivity contribution in [2.45, 2.75) is 6.42 Å². The van der Waals surface area contributed by atoms with Crippen LogP contribution in [0.3, 0.4) is 0 Å². The van der Waals surface area contributed by atoms with Gasteiger partial charge in [0, 0.05) is 23.2 Å². The SMILES string of the molecule is N#Cc1ncccc1CC(=O)c1cccc(Cl)c1. The molecule has 0 unspecified atom stereocenters. The lowest BCUT2D eigenvalue weighted by Gasteiger charge is -2.03. The molecule has 2 rings (SSSR count). The zero-order valence-electron chi connectivity index (χ0n) is 9.43. The summed E-state index contributed by atoms with van der Waals surface area (Å²) in [6, 6.07) is 12.2. The van der Waals surface area contributed by atoms with Crippen LogP contribution in [-0.2, 0) is 6.42 Å². The molecule has 0 saturated carbocycles. The van der Waals surface area contributed by atoms with Crippen molar-refractivity contribution >= 4 is 17.4 Å². The zero-order valence-corrected chi connectivity index (χ0v) is 10.2. The van der Waals surface area contributed by atoms with Gasteiger partial charge in [0.25, 0.3) is 0 Å². The average molecular weight is 257 g/mol. The van der Waals surface area contributed by atoms with Crippen LogP contribution in [0.1, 0.15) is 21.6 Å². The van der Waals surface area contributed by atoms with Crippen LogP contribution in [0.15, 0.2) is 42.6 Å². The van der Waals surface area contributed by atoms with Crippen LogP contribution in [0, 0.1) is 11.3 Å². The van der Waals surface area contributed by atoms with E-state index >= 15 is 0 Å². The summed E-state index contributed by atoms with van der Waals surface area (Å²) in [7, 11) is 0. The highest BCUT2D eigenvalue weighted by Gasteiger charge is 2.10. The van der Waals surface area contributed by atoms with Crippen LogP contribution in [0.4, 0.5) is 0 Å². The van der Waals surface area contributed by atoms with E-state index in [4.69, 9.17) is 16.9 Å². The minimum atomic E-state index is -0.0815. The Morgan fingerprint density at radius 1 is 1.33 bits per heavy atom. The number of rotatable bonds is 3. The second kappa shape index (κ2) is 5.44. The van der Waals surface area contributed by atoms with Crippen LogP contribution in [0.2, 0.25) is 5.02 Å². The van der Waals surface area contributed by atoms with Crippen molar-refractivity contribution in [2.24, 2.45) is 0 Å². The fourth-order valence-corrected chi connectivity index (χ4v) is 1.81. The van der Waals surface area contributed by atoms with E-state index in [1.807, 2.05) is 6.07 Å². The zero-order chi connectivity index (χ0) is 13.0. The van der Waals surface area contributed by atoms with Crippen molar-refractivity contribution in [3.8, 4) is 6.07 Å². The lowest BCUT2D eigenvalue weighted by molar-refractivity contribution is 0.0993. The van der Waals surface area contributed by atoms with Crippen LogP contribution in [0.5, 0.6) is 0 Å². The van der Waals surface area contributed by atoms with Gasteiger partial charge in [-0.15, -0.1) is 0 Å². The number of halogens is 1. The number of hydrogen-bond donors (Lipinski definition) is 0. The molecule has 4 heteroatoms. The Hall–Kier alpha value is -2.18. The molecule has 0 radical (unpaired) electrons. The molecule has 0 fully saturated rings. The van der Waals surface area contributed by atoms with E-state index in [2.05, 4.69) is 4.98 Å². The Labute approximate surface area is 110 Å². The van der Waals surface area contributed by atoms with Gasteiger partial charge < -0.3 is 0 Å². The number of ketones is 1. The maximum Gasteiger partial charge on any atom is 0.167 e. The first-order valence-corrected chi connectivity index (χ1v) is 5.71. The van der Waals surface area contributed by atoms with Crippen molar-refractivity contribution in [1.82, 2.24) is 4.98 Å². The number of aromatic nitrogens is 1. The number of carbonyl (C=O) groups excluding carboxylic acids is 1. The summed E-state index contributed by atoms with van der Waals surface area (Å²) in [5, 5.41) is 9.42. The molecule has 0 aliphatic carbocycles. The third-order valence-corrected chi connectivity index (χ3v) is 2.73. The highest BCUT2D eigenvalue weighted by atomic mass is 35.5. The molecule has 0 N–H and O–H groups in total. The third kappa shape index (κ3) is 2.73. The monoisotopic (exact) mass is 256 g/mol. The third-order valence-electron chi connectivity index (χ3n) is 2.49. The van der Waals surface area contributed by atoms with Gasteiger partial charge in [0.05, 0.1) is 0 Å². The molecular formula is C14H9ClN2O. The first-order chi connectivity index (χ1) is 8.70. The topological polar surface area (TPSA) is 53.8 Å². The van der Waals surface area contributed by atoms with E-state index in [0.717, 1.165) is 0 Å². The average Bonchev–Trinajstić information content (AvgIpc) is 2.39. The predicted molar refractivity (Wildman–Crippen MR) is 68.4 cm³/mol. The molecule has 0 amide bonds. The van der Waals surface area contributed by atoms with Crippen molar-refractivity contribution in [2.75, 3.05) is 0 Å². The minimum Gasteiger partial charge on any atom is -0.294 e. The van der Waals surface area contributed by atoms with Gasteiger partial charge in [-0.2, -0.15) is 5.26 Å². The first kappa shape index (κ1) is 12.3. The van der Waals surface area contributed by atoms with Gasteiger partial charge in [-0.3, -0.25) is 4.79 Å². The number of nitrogens with zero attached hydrogens (tertiary/aromatic N) is 2. The van der Waals surface area contributed by atoms with Crippen molar-refractivity contribution < 1.29 is 4.79 Å². The van der Waals surface area contributed by atoms with E-state index in [1.54, 1.807) is 36.4 Å². The van der Waals surface area contributed by atoms with E-state index < -0.39 is 0 Å². The molecule has 0 saturated heterocycles. The van der Waals surface area contributed by atoms with E-state index in [0.29, 0.717) is 16.1 Å². The van der Waals surface area contributed by atoms with Gasteiger partial charge in [-0.25, -0.2) is 4.98 Å². The molecule has 0 atom stereocenters. The Kier molecular flexibility index (Phi) is 3.71. The fraction of sp³-hybridized carbons (Fsp3) is 0.0714. The molecular weight excluding hydrogens is 248 g/mol. The number of pyridine rings is 1.